The number of rotatable bonds is 3. The number of alkyl halides is 1. The van der Waals surface area contributed by atoms with Gasteiger partial charge < -0.3 is 14.8 Å². The zero-order valence-corrected chi connectivity index (χ0v) is 8.33. The molecular weight excluding hydrogens is 177 g/mol. The molecule has 0 rings (SSSR count). The fourth-order valence-corrected chi connectivity index (χ4v) is 0.553. The monoisotopic (exact) mass is 193 g/mol. The van der Waals surface area contributed by atoms with Crippen LogP contribution in [0.15, 0.2) is 0 Å². The Bertz CT molecular complexity index is 150. The zero-order chi connectivity index (χ0) is 10.9. The molecule has 4 nitrogen and oxygen atoms in total. The Hall–Kier alpha value is -1.13. The Balaban J connectivity index is 0. The van der Waals surface area contributed by atoms with Crippen molar-refractivity contribution in [2.45, 2.75) is 19.9 Å². The van der Waals surface area contributed by atoms with Crippen molar-refractivity contribution in [1.29, 1.82) is 0 Å². The predicted octanol–water partition coefficient (Wildman–Crippen LogP) is 1.15. The van der Waals surface area contributed by atoms with E-state index >= 15 is 0 Å². The summed E-state index contributed by atoms with van der Waals surface area (Å²) in [5, 5.41) is 2.39. The van der Waals surface area contributed by atoms with Crippen molar-refractivity contribution < 1.29 is 18.7 Å². The van der Waals surface area contributed by atoms with E-state index in [0.717, 1.165) is 0 Å². The summed E-state index contributed by atoms with van der Waals surface area (Å²) in [7, 11) is 1.76. The Morgan fingerprint density at radius 3 is 2.15 bits per heavy atom. The van der Waals surface area contributed by atoms with E-state index in [1.54, 1.807) is 0 Å². The summed E-state index contributed by atoms with van der Waals surface area (Å²) >= 11 is 0. The molecule has 0 aliphatic heterocycles. The Labute approximate surface area is 77.5 Å². The molecule has 0 spiro atoms. The minimum atomic E-state index is -0.573. The van der Waals surface area contributed by atoms with E-state index in [0.29, 0.717) is 13.5 Å². The Morgan fingerprint density at radius 2 is 1.92 bits per heavy atom. The normalized spacial score (nSPS) is 10.9. The van der Waals surface area contributed by atoms with Crippen LogP contribution in [-0.2, 0) is 9.53 Å². The number of aldehydes is 1. The van der Waals surface area contributed by atoms with Crippen molar-refractivity contribution in [3.8, 4) is 0 Å². The molecule has 78 valence electrons. The van der Waals surface area contributed by atoms with Gasteiger partial charge >= 0.3 is 6.09 Å². The lowest BCUT2D eigenvalue weighted by Gasteiger charge is -2.14. The largest absolute Gasteiger partial charge is 0.453 e. The lowest BCUT2D eigenvalue weighted by molar-refractivity contribution is -0.110. The van der Waals surface area contributed by atoms with Crippen molar-refractivity contribution in [1.82, 2.24) is 5.32 Å². The fraction of sp³-hybridized carbons (Fsp3) is 0.750. The van der Waals surface area contributed by atoms with Gasteiger partial charge in [-0.3, -0.25) is 4.39 Å². The van der Waals surface area contributed by atoms with Crippen LogP contribution < -0.4 is 5.32 Å². The molecule has 0 saturated heterocycles. The van der Waals surface area contributed by atoms with Gasteiger partial charge in [-0.25, -0.2) is 4.79 Å². The fourth-order valence-electron chi connectivity index (χ4n) is 0.553. The minimum absolute atomic E-state index is 0.0894. The first-order chi connectivity index (χ1) is 6.11. The average Bonchev–Trinajstić information content (AvgIpc) is 2.16. The topological polar surface area (TPSA) is 55.4 Å². The number of ether oxygens (including phenoxy) is 1. The zero-order valence-electron chi connectivity index (χ0n) is 8.33. The number of nitrogens with one attached hydrogen (secondary N) is 1. The summed E-state index contributed by atoms with van der Waals surface area (Å²) in [4.78, 5) is 20.9. The van der Waals surface area contributed by atoms with Gasteiger partial charge in [0, 0.05) is 0 Å². The third kappa shape index (κ3) is 7.24. The predicted molar refractivity (Wildman–Crippen MR) is 47.3 cm³/mol. The second-order valence-electron chi connectivity index (χ2n) is 2.54. The van der Waals surface area contributed by atoms with E-state index in [1.165, 1.54) is 7.11 Å². The first kappa shape index (κ1) is 14.4. The second-order valence-corrected chi connectivity index (χ2v) is 2.54. The number of amides is 1. The smallest absolute Gasteiger partial charge is 0.407 e. The first-order valence-electron chi connectivity index (χ1n) is 3.79. The molecule has 0 aromatic rings. The van der Waals surface area contributed by atoms with E-state index in [9.17, 15) is 14.0 Å². The van der Waals surface area contributed by atoms with Gasteiger partial charge in [-0.05, 0) is 5.92 Å². The summed E-state index contributed by atoms with van der Waals surface area (Å²) in [6.45, 7) is 3.68. The number of carbonyl (C=O) groups is 2. The third-order valence-electron chi connectivity index (χ3n) is 1.33. The van der Waals surface area contributed by atoms with Crippen LogP contribution in [0.1, 0.15) is 13.8 Å². The molecule has 0 radical (unpaired) electrons. The van der Waals surface area contributed by atoms with Crippen molar-refractivity contribution >= 4 is 12.4 Å². The Kier molecular flexibility index (Phi) is 9.93. The second kappa shape index (κ2) is 8.96. The quantitative estimate of drug-likeness (QED) is 0.684. The molecule has 0 aromatic heterocycles. The molecule has 0 bridgehead atoms. The van der Waals surface area contributed by atoms with Gasteiger partial charge in [0.2, 0.25) is 0 Å². The van der Waals surface area contributed by atoms with E-state index in [1.807, 2.05) is 13.8 Å². The van der Waals surface area contributed by atoms with E-state index in [2.05, 4.69) is 10.1 Å². The SMILES string of the molecule is CF.COC(=O)NC(C=O)C(C)C. The van der Waals surface area contributed by atoms with Crippen LogP contribution in [0.5, 0.6) is 0 Å². The summed E-state index contributed by atoms with van der Waals surface area (Å²) in [6.07, 6.45) is 0.123. The molecule has 5 heteroatoms. The van der Waals surface area contributed by atoms with Crippen LogP contribution in [0.2, 0.25) is 0 Å². The van der Waals surface area contributed by atoms with Gasteiger partial charge in [0.25, 0.3) is 0 Å². The molecule has 0 aliphatic carbocycles. The van der Waals surface area contributed by atoms with Crippen molar-refractivity contribution in [3.05, 3.63) is 0 Å². The maximum absolute atomic E-state index is 10.6. The number of carbonyl (C=O) groups excluding carboxylic acids is 2. The van der Waals surface area contributed by atoms with Crippen molar-refractivity contribution in [2.75, 3.05) is 14.3 Å². The summed E-state index contributed by atoms with van der Waals surface area (Å²) < 4.78 is 13.8. The molecule has 1 atom stereocenters. The van der Waals surface area contributed by atoms with Crippen molar-refractivity contribution in [3.63, 3.8) is 0 Å². The number of methoxy groups -OCH3 is 1. The minimum Gasteiger partial charge on any atom is -0.453 e. The van der Waals surface area contributed by atoms with Crippen LogP contribution >= 0.6 is 0 Å². The lowest BCUT2D eigenvalue weighted by Crippen LogP contribution is -2.39. The molecule has 0 aliphatic rings. The van der Waals surface area contributed by atoms with Crippen LogP contribution in [0, 0.1) is 5.92 Å². The maximum atomic E-state index is 10.6. The summed E-state index contributed by atoms with van der Waals surface area (Å²) in [6, 6.07) is -0.456. The number of alkyl carbamates (subject to hydrolysis) is 1. The summed E-state index contributed by atoms with van der Waals surface area (Å²) in [5.74, 6) is 0.0894. The van der Waals surface area contributed by atoms with Gasteiger partial charge in [0.1, 0.15) is 6.29 Å². The Morgan fingerprint density at radius 1 is 1.46 bits per heavy atom. The van der Waals surface area contributed by atoms with Gasteiger partial charge in [-0.15, -0.1) is 0 Å². The summed E-state index contributed by atoms with van der Waals surface area (Å²) in [5.41, 5.74) is 0. The van der Waals surface area contributed by atoms with Gasteiger partial charge in [0.15, 0.2) is 0 Å². The lowest BCUT2D eigenvalue weighted by atomic mass is 10.1. The van der Waals surface area contributed by atoms with E-state index in [-0.39, 0.29) is 5.92 Å². The number of halogens is 1. The highest BCUT2D eigenvalue weighted by Gasteiger charge is 2.14. The van der Waals surface area contributed by atoms with Crippen LogP contribution in [-0.4, -0.2) is 32.7 Å². The van der Waals surface area contributed by atoms with Gasteiger partial charge in [-0.2, -0.15) is 0 Å². The van der Waals surface area contributed by atoms with Crippen molar-refractivity contribution in [2.24, 2.45) is 5.92 Å². The first-order valence-corrected chi connectivity index (χ1v) is 3.79. The molecule has 0 saturated carbocycles. The van der Waals surface area contributed by atoms with Crippen LogP contribution in [0.3, 0.4) is 0 Å². The highest BCUT2D eigenvalue weighted by molar-refractivity contribution is 5.73. The number of hydrogen-bond donors (Lipinski definition) is 1. The molecule has 1 unspecified atom stereocenters. The van der Waals surface area contributed by atoms with Gasteiger partial charge in [-0.1, -0.05) is 13.8 Å². The van der Waals surface area contributed by atoms with Crippen LogP contribution in [0.4, 0.5) is 9.18 Å². The van der Waals surface area contributed by atoms with Gasteiger partial charge in [0.05, 0.1) is 20.3 Å². The maximum Gasteiger partial charge on any atom is 0.407 e. The molecule has 1 N–H and O–H groups in total. The molecule has 0 heterocycles. The third-order valence-corrected chi connectivity index (χ3v) is 1.33. The van der Waals surface area contributed by atoms with Crippen LogP contribution in [0.25, 0.3) is 0 Å². The molecule has 0 aromatic carbocycles. The standard InChI is InChI=1S/C7H13NO3.CH3F/c1-5(2)6(4-9)8-7(10)11-3;1-2/h4-6H,1-3H3,(H,8,10);1H3. The molecule has 1 amide bonds. The highest BCUT2D eigenvalue weighted by Crippen LogP contribution is 1.97. The number of hydrogen-bond acceptors (Lipinski definition) is 3. The molecule has 13 heavy (non-hydrogen) atoms. The highest BCUT2D eigenvalue weighted by atomic mass is 19.1. The van der Waals surface area contributed by atoms with E-state index < -0.39 is 12.1 Å². The average molecular weight is 193 g/mol. The van der Waals surface area contributed by atoms with E-state index in [4.69, 9.17) is 0 Å². The molecular formula is C8H16FNO3. The molecule has 0 fully saturated rings.